The summed E-state index contributed by atoms with van der Waals surface area (Å²) < 4.78 is 20.4. The lowest BCUT2D eigenvalue weighted by Crippen LogP contribution is -2.36. The number of nitrogens with one attached hydrogen (secondary N) is 1. The minimum atomic E-state index is -0.842. The highest BCUT2D eigenvalue weighted by Gasteiger charge is 2.16. The van der Waals surface area contributed by atoms with Gasteiger partial charge in [0, 0.05) is 6.20 Å². The Kier molecular flexibility index (Phi) is 4.98. The summed E-state index contributed by atoms with van der Waals surface area (Å²) in [6, 6.07) is 9.57. The summed E-state index contributed by atoms with van der Waals surface area (Å²) in [6.45, 7) is 1.73. The summed E-state index contributed by atoms with van der Waals surface area (Å²) in [7, 11) is 0. The fourth-order valence-corrected chi connectivity index (χ4v) is 2.10. The van der Waals surface area contributed by atoms with E-state index in [-0.39, 0.29) is 18.2 Å². The molecule has 1 N–H and O–H groups in total. The number of carbonyl (C=O) groups is 1. The van der Waals surface area contributed by atoms with E-state index in [1.807, 2.05) is 6.07 Å². The molecule has 25 heavy (non-hydrogen) atoms. The molecule has 3 rings (SSSR count). The summed E-state index contributed by atoms with van der Waals surface area (Å²) in [4.78, 5) is 16.1. The van der Waals surface area contributed by atoms with Crippen LogP contribution in [0.3, 0.4) is 0 Å². The molecule has 1 atom stereocenters. The molecule has 128 valence electrons. The monoisotopic (exact) mass is 341 g/mol. The fraction of sp³-hybridized carbons (Fsp3) is 0.176. The number of hydrogen-bond donors (Lipinski definition) is 1. The molecule has 0 saturated heterocycles. The van der Waals surface area contributed by atoms with Crippen LogP contribution in [0, 0.1) is 5.82 Å². The molecule has 2 heterocycles. The number of ether oxygens (including phenoxy) is 1. The Balaban J connectivity index is 1.55. The average molecular weight is 341 g/mol. The standard InChI is InChI=1S/C17H16FN5O2/c1-12(25-16-7-3-2-6-15(16)18)17(24)20-9-13-11-23(22-21-13)14-5-4-8-19-10-14/h2-8,10-12H,9H2,1H3,(H,20,24)/t12-/m1/s1. The number of carbonyl (C=O) groups excluding carboxylic acids is 1. The largest absolute Gasteiger partial charge is 0.478 e. The van der Waals surface area contributed by atoms with Crippen LogP contribution in [0.1, 0.15) is 12.6 Å². The SMILES string of the molecule is C[C@@H](Oc1ccccc1F)C(=O)NCc1cn(-c2cccnc2)nn1. The summed E-state index contributed by atoms with van der Waals surface area (Å²) in [5.74, 6) is -0.853. The smallest absolute Gasteiger partial charge is 0.261 e. The van der Waals surface area contributed by atoms with Gasteiger partial charge in [0.05, 0.1) is 24.6 Å². The molecule has 1 aromatic carbocycles. The molecule has 8 heteroatoms. The summed E-state index contributed by atoms with van der Waals surface area (Å²) in [6.07, 6.45) is 4.17. The molecule has 0 spiro atoms. The van der Waals surface area contributed by atoms with E-state index in [1.54, 1.807) is 48.4 Å². The number of hydrogen-bond acceptors (Lipinski definition) is 5. The van der Waals surface area contributed by atoms with Gasteiger partial charge in [-0.15, -0.1) is 5.10 Å². The topological polar surface area (TPSA) is 81.9 Å². The highest BCUT2D eigenvalue weighted by molar-refractivity contribution is 5.80. The number of amides is 1. The van der Waals surface area contributed by atoms with Gasteiger partial charge in [-0.05, 0) is 31.2 Å². The molecule has 0 saturated carbocycles. The van der Waals surface area contributed by atoms with E-state index in [0.29, 0.717) is 5.69 Å². The Bertz CT molecular complexity index is 853. The van der Waals surface area contributed by atoms with Crippen LogP contribution in [0.2, 0.25) is 0 Å². The maximum Gasteiger partial charge on any atom is 0.261 e. The normalized spacial score (nSPS) is 11.8. The van der Waals surface area contributed by atoms with Crippen LogP contribution in [0.4, 0.5) is 4.39 Å². The lowest BCUT2D eigenvalue weighted by atomic mass is 10.3. The van der Waals surface area contributed by atoms with Crippen molar-refractivity contribution in [3.63, 3.8) is 0 Å². The Morgan fingerprint density at radius 3 is 2.92 bits per heavy atom. The van der Waals surface area contributed by atoms with Crippen molar-refractivity contribution in [2.75, 3.05) is 0 Å². The van der Waals surface area contributed by atoms with E-state index >= 15 is 0 Å². The van der Waals surface area contributed by atoms with Crippen molar-refractivity contribution in [3.05, 3.63) is 66.5 Å². The third-order valence-electron chi connectivity index (χ3n) is 3.40. The van der Waals surface area contributed by atoms with Gasteiger partial charge < -0.3 is 10.1 Å². The Morgan fingerprint density at radius 2 is 2.16 bits per heavy atom. The average Bonchev–Trinajstić information content (AvgIpc) is 3.11. The van der Waals surface area contributed by atoms with Gasteiger partial charge >= 0.3 is 0 Å². The summed E-state index contributed by atoms with van der Waals surface area (Å²) in [5, 5.41) is 10.7. The minimum Gasteiger partial charge on any atom is -0.478 e. The first kappa shape index (κ1) is 16.6. The Morgan fingerprint density at radius 1 is 1.32 bits per heavy atom. The van der Waals surface area contributed by atoms with Crippen molar-refractivity contribution in [1.29, 1.82) is 0 Å². The van der Waals surface area contributed by atoms with Crippen molar-refractivity contribution in [2.45, 2.75) is 19.6 Å². The quantitative estimate of drug-likeness (QED) is 0.740. The number of benzene rings is 1. The van der Waals surface area contributed by atoms with Crippen LogP contribution < -0.4 is 10.1 Å². The van der Waals surface area contributed by atoms with Gasteiger partial charge in [0.25, 0.3) is 5.91 Å². The summed E-state index contributed by atoms with van der Waals surface area (Å²) >= 11 is 0. The van der Waals surface area contributed by atoms with Gasteiger partial charge in [0.1, 0.15) is 5.69 Å². The molecule has 1 amide bonds. The second-order valence-corrected chi connectivity index (χ2v) is 5.27. The minimum absolute atomic E-state index is 0.0349. The molecule has 0 unspecified atom stereocenters. The first-order valence-corrected chi connectivity index (χ1v) is 7.64. The van der Waals surface area contributed by atoms with Crippen molar-refractivity contribution >= 4 is 5.91 Å². The number of pyridine rings is 1. The number of para-hydroxylation sites is 1. The zero-order valence-electron chi connectivity index (χ0n) is 13.5. The van der Waals surface area contributed by atoms with Gasteiger partial charge in [-0.2, -0.15) is 0 Å². The predicted molar refractivity (Wildman–Crippen MR) is 87.5 cm³/mol. The first-order valence-electron chi connectivity index (χ1n) is 7.64. The maximum atomic E-state index is 13.5. The van der Waals surface area contributed by atoms with Crippen molar-refractivity contribution in [1.82, 2.24) is 25.3 Å². The first-order chi connectivity index (χ1) is 12.1. The Labute approximate surface area is 143 Å². The van der Waals surface area contributed by atoms with Gasteiger partial charge in [-0.3, -0.25) is 9.78 Å². The Hall–Kier alpha value is -3.29. The molecule has 3 aromatic rings. The van der Waals surface area contributed by atoms with Crippen LogP contribution >= 0.6 is 0 Å². The number of nitrogens with zero attached hydrogens (tertiary/aromatic N) is 4. The molecule has 0 fully saturated rings. The molecule has 0 aliphatic carbocycles. The fourth-order valence-electron chi connectivity index (χ4n) is 2.10. The van der Waals surface area contributed by atoms with E-state index in [0.717, 1.165) is 5.69 Å². The molecule has 0 bridgehead atoms. The van der Waals surface area contributed by atoms with Crippen molar-refractivity contribution in [2.24, 2.45) is 0 Å². The zero-order valence-corrected chi connectivity index (χ0v) is 13.5. The van der Waals surface area contributed by atoms with E-state index in [1.165, 1.54) is 12.1 Å². The van der Waals surface area contributed by atoms with E-state index in [9.17, 15) is 9.18 Å². The molecule has 0 aliphatic rings. The predicted octanol–water partition coefficient (Wildman–Crippen LogP) is 1.89. The summed E-state index contributed by atoms with van der Waals surface area (Å²) in [5.41, 5.74) is 1.35. The third kappa shape index (κ3) is 4.17. The highest BCUT2D eigenvalue weighted by atomic mass is 19.1. The molecule has 7 nitrogen and oxygen atoms in total. The zero-order chi connectivity index (χ0) is 17.6. The van der Waals surface area contributed by atoms with Gasteiger partial charge in [-0.25, -0.2) is 9.07 Å². The second kappa shape index (κ2) is 7.52. The van der Waals surface area contributed by atoms with Crippen LogP contribution in [-0.4, -0.2) is 32.0 Å². The van der Waals surface area contributed by atoms with Crippen LogP contribution in [0.25, 0.3) is 5.69 Å². The molecular formula is C17H16FN5O2. The van der Waals surface area contributed by atoms with Crippen LogP contribution in [0.5, 0.6) is 5.75 Å². The van der Waals surface area contributed by atoms with E-state index < -0.39 is 11.9 Å². The van der Waals surface area contributed by atoms with Gasteiger partial charge in [0.15, 0.2) is 17.7 Å². The molecule has 0 radical (unpaired) electrons. The number of halogens is 1. The molecule has 2 aromatic heterocycles. The molecule has 0 aliphatic heterocycles. The van der Waals surface area contributed by atoms with Crippen LogP contribution in [0.15, 0.2) is 55.0 Å². The molecular weight excluding hydrogens is 325 g/mol. The maximum absolute atomic E-state index is 13.5. The van der Waals surface area contributed by atoms with E-state index in [2.05, 4.69) is 20.6 Å². The van der Waals surface area contributed by atoms with E-state index in [4.69, 9.17) is 4.74 Å². The lowest BCUT2D eigenvalue weighted by Gasteiger charge is -2.14. The lowest BCUT2D eigenvalue weighted by molar-refractivity contribution is -0.127. The van der Waals surface area contributed by atoms with Crippen LogP contribution in [-0.2, 0) is 11.3 Å². The third-order valence-corrected chi connectivity index (χ3v) is 3.40. The number of rotatable bonds is 6. The second-order valence-electron chi connectivity index (χ2n) is 5.27. The van der Waals surface area contributed by atoms with Gasteiger partial charge in [-0.1, -0.05) is 17.3 Å². The highest BCUT2D eigenvalue weighted by Crippen LogP contribution is 2.17. The van der Waals surface area contributed by atoms with Crippen molar-refractivity contribution < 1.29 is 13.9 Å². The van der Waals surface area contributed by atoms with Crippen molar-refractivity contribution in [3.8, 4) is 11.4 Å². The number of aromatic nitrogens is 4. The van der Waals surface area contributed by atoms with Gasteiger partial charge in [0.2, 0.25) is 0 Å².